The fourth-order valence-corrected chi connectivity index (χ4v) is 9.55. The Bertz CT molecular complexity index is 1180. The number of ether oxygens (including phenoxy) is 8. The quantitative estimate of drug-likeness (QED) is 0.312. The van der Waals surface area contributed by atoms with Crippen LogP contribution in [0.15, 0.2) is 24.3 Å². The van der Waals surface area contributed by atoms with Gasteiger partial charge >= 0.3 is 0 Å². The first-order valence-electron chi connectivity index (χ1n) is 18.7. The molecule has 1 N–H and O–H groups in total. The minimum Gasteiger partial charge on any atom is -0.387 e. The first-order valence-corrected chi connectivity index (χ1v) is 18.7. The highest BCUT2D eigenvalue weighted by atomic mass is 16.7. The number of hydrogen-bond acceptors (Lipinski definition) is 10. The van der Waals surface area contributed by atoms with Crippen LogP contribution in [0.25, 0.3) is 0 Å². The van der Waals surface area contributed by atoms with Crippen LogP contribution in [0.2, 0.25) is 0 Å². The molecule has 7 aliphatic heterocycles. The van der Waals surface area contributed by atoms with E-state index in [1.54, 1.807) is 7.11 Å². The number of carbonyl (C=O) groups is 1. The van der Waals surface area contributed by atoms with Gasteiger partial charge in [0.1, 0.15) is 36.3 Å². The minimum absolute atomic E-state index is 0.0549. The van der Waals surface area contributed by atoms with Gasteiger partial charge in [-0.05, 0) is 68.9 Å². The van der Waals surface area contributed by atoms with E-state index >= 15 is 0 Å². The lowest BCUT2D eigenvalue weighted by atomic mass is 9.82. The Morgan fingerprint density at radius 1 is 0.854 bits per heavy atom. The minimum atomic E-state index is -0.831. The average molecular weight is 675 g/mol. The molecule has 0 spiro atoms. The molecule has 0 aliphatic carbocycles. The van der Waals surface area contributed by atoms with Gasteiger partial charge in [0, 0.05) is 38.7 Å². The summed E-state index contributed by atoms with van der Waals surface area (Å²) >= 11 is 0. The molecule has 0 aromatic rings. The van der Waals surface area contributed by atoms with Gasteiger partial charge in [-0.1, -0.05) is 27.0 Å². The smallest absolute Gasteiger partial charge is 0.135 e. The Morgan fingerprint density at radius 3 is 2.38 bits per heavy atom. The molecule has 17 atom stereocenters. The number of rotatable bonds is 11. The van der Waals surface area contributed by atoms with E-state index in [0.29, 0.717) is 38.2 Å². The lowest BCUT2D eigenvalue weighted by Crippen LogP contribution is -2.61. The van der Waals surface area contributed by atoms with Crippen molar-refractivity contribution in [1.82, 2.24) is 0 Å². The molecular formula is C38H58O10. The van der Waals surface area contributed by atoms with Crippen molar-refractivity contribution in [3.63, 3.8) is 0 Å². The number of aliphatic hydroxyl groups excluding tert-OH is 1. The summed E-state index contributed by atoms with van der Waals surface area (Å²) in [5, 5.41) is 11.5. The van der Waals surface area contributed by atoms with Gasteiger partial charge in [0.15, 0.2) is 0 Å². The number of Topliss-reactive ketones (excluding diaryl/α,β-unsaturated/α-hetero) is 1. The van der Waals surface area contributed by atoms with Crippen molar-refractivity contribution < 1.29 is 47.8 Å². The number of methoxy groups -OCH3 is 1. The summed E-state index contributed by atoms with van der Waals surface area (Å²) in [4.78, 5) is 13.6. The second-order valence-corrected chi connectivity index (χ2v) is 15.7. The van der Waals surface area contributed by atoms with Gasteiger partial charge in [-0.2, -0.15) is 0 Å². The standard InChI is InChI=1S/C38H58O10/c1-7-24-12-19(2)21(4)30(44-24)17-31-28(33(41-6)18-42-31)15-23(39)14-26-10-11-29-35(45-26)34(40)37-38(47-29)36-32(48-37)16-27(46-36)9-8-25-13-20(3)22(5)43-25/h19,22,24-38,40H,3-4,7-18H2,1-2,5-6H3/t19-,22+,24+,25+,26-,27-,28+,29+,30-,31?,32-,33+,34+,35?,36?,37+,38?/m1/s1. The van der Waals surface area contributed by atoms with Crippen LogP contribution in [-0.4, -0.2) is 116 Å². The van der Waals surface area contributed by atoms with Gasteiger partial charge in [-0.25, -0.2) is 0 Å². The molecule has 10 heteroatoms. The molecular weight excluding hydrogens is 616 g/mol. The SMILES string of the molecule is C=C1C[C@H](CC[C@@H]2C[C@H]3O[C@@H]4C(O[C@H]5CC[C@H](CC(=O)C[C@H]6C(C[C@H]7O[C@@H](CC)C[C@@H](C)C7=C)OC[C@@H]6OC)OC5[C@@H]4O)C3O2)O[C@H]1C. The maximum absolute atomic E-state index is 13.6. The van der Waals surface area contributed by atoms with Gasteiger partial charge < -0.3 is 43.0 Å². The molecule has 7 saturated heterocycles. The van der Waals surface area contributed by atoms with Gasteiger partial charge in [0.2, 0.25) is 0 Å². The Morgan fingerprint density at radius 2 is 1.62 bits per heavy atom. The monoisotopic (exact) mass is 674 g/mol. The maximum atomic E-state index is 13.6. The van der Waals surface area contributed by atoms with Gasteiger partial charge in [-0.15, -0.1) is 0 Å². The molecule has 4 unspecified atom stereocenters. The van der Waals surface area contributed by atoms with E-state index < -0.39 is 18.3 Å². The molecule has 48 heavy (non-hydrogen) atoms. The largest absolute Gasteiger partial charge is 0.387 e. The lowest BCUT2D eigenvalue weighted by Gasteiger charge is -2.46. The van der Waals surface area contributed by atoms with Crippen molar-refractivity contribution in [2.24, 2.45) is 11.8 Å². The Hall–Kier alpha value is -1.21. The van der Waals surface area contributed by atoms with Gasteiger partial charge in [0.05, 0.1) is 67.6 Å². The van der Waals surface area contributed by atoms with E-state index in [2.05, 4.69) is 33.9 Å². The van der Waals surface area contributed by atoms with Crippen molar-refractivity contribution in [2.75, 3.05) is 13.7 Å². The van der Waals surface area contributed by atoms with Crippen LogP contribution in [0.5, 0.6) is 0 Å². The first kappa shape index (κ1) is 35.2. The second-order valence-electron chi connectivity index (χ2n) is 15.7. The number of fused-ring (bicyclic) bond motifs is 4. The van der Waals surface area contributed by atoms with E-state index in [-0.39, 0.29) is 84.9 Å². The predicted octanol–water partition coefficient (Wildman–Crippen LogP) is 4.63. The molecule has 0 aromatic heterocycles. The zero-order valence-corrected chi connectivity index (χ0v) is 29.3. The fourth-order valence-electron chi connectivity index (χ4n) is 9.55. The zero-order chi connectivity index (χ0) is 33.7. The van der Waals surface area contributed by atoms with Crippen LogP contribution in [0.3, 0.4) is 0 Å². The van der Waals surface area contributed by atoms with Crippen LogP contribution in [0, 0.1) is 11.8 Å². The zero-order valence-electron chi connectivity index (χ0n) is 29.3. The number of hydrogen-bond donors (Lipinski definition) is 1. The molecule has 7 fully saturated rings. The molecule has 0 bridgehead atoms. The van der Waals surface area contributed by atoms with Crippen LogP contribution in [-0.2, 0) is 42.7 Å². The average Bonchev–Trinajstić information content (AvgIpc) is 3.82. The Balaban J connectivity index is 0.895. The van der Waals surface area contributed by atoms with Crippen molar-refractivity contribution in [1.29, 1.82) is 0 Å². The van der Waals surface area contributed by atoms with E-state index in [4.69, 9.17) is 37.9 Å². The third-order valence-corrected chi connectivity index (χ3v) is 12.5. The molecule has 7 aliphatic rings. The molecule has 10 nitrogen and oxygen atoms in total. The highest BCUT2D eigenvalue weighted by Crippen LogP contribution is 2.45. The Kier molecular flexibility index (Phi) is 10.9. The van der Waals surface area contributed by atoms with Gasteiger partial charge in [0.25, 0.3) is 0 Å². The summed E-state index contributed by atoms with van der Waals surface area (Å²) in [6.45, 7) is 15.4. The number of carbonyl (C=O) groups excluding carboxylic acids is 1. The molecule has 270 valence electrons. The number of aliphatic hydroxyl groups is 1. The molecule has 0 saturated carbocycles. The molecule has 7 rings (SSSR count). The molecule has 0 amide bonds. The van der Waals surface area contributed by atoms with Crippen molar-refractivity contribution in [3.05, 3.63) is 24.3 Å². The van der Waals surface area contributed by atoms with Gasteiger partial charge in [-0.3, -0.25) is 4.79 Å². The van der Waals surface area contributed by atoms with E-state index in [1.807, 2.05) is 0 Å². The first-order chi connectivity index (χ1) is 23.1. The highest BCUT2D eigenvalue weighted by molar-refractivity contribution is 5.79. The number of ketones is 1. The van der Waals surface area contributed by atoms with Crippen molar-refractivity contribution >= 4 is 5.78 Å². The summed E-state index contributed by atoms with van der Waals surface area (Å²) in [6, 6.07) is 0. The topological polar surface area (TPSA) is 111 Å². The summed E-state index contributed by atoms with van der Waals surface area (Å²) in [6.07, 6.45) is 5.62. The van der Waals surface area contributed by atoms with Crippen molar-refractivity contribution in [2.45, 2.75) is 183 Å². The van der Waals surface area contributed by atoms with Crippen LogP contribution in [0.1, 0.15) is 91.4 Å². The predicted molar refractivity (Wildman–Crippen MR) is 177 cm³/mol. The van der Waals surface area contributed by atoms with Crippen molar-refractivity contribution in [3.8, 4) is 0 Å². The Labute approximate surface area is 286 Å². The maximum Gasteiger partial charge on any atom is 0.135 e. The van der Waals surface area contributed by atoms with Crippen LogP contribution >= 0.6 is 0 Å². The highest BCUT2D eigenvalue weighted by Gasteiger charge is 2.60. The molecule has 7 heterocycles. The van der Waals surface area contributed by atoms with Crippen LogP contribution in [0.4, 0.5) is 0 Å². The third kappa shape index (κ3) is 7.13. The third-order valence-electron chi connectivity index (χ3n) is 12.5. The van der Waals surface area contributed by atoms with E-state index in [9.17, 15) is 9.90 Å². The summed E-state index contributed by atoms with van der Waals surface area (Å²) in [5.74, 6) is 0.475. The van der Waals surface area contributed by atoms with E-state index in [0.717, 1.165) is 50.5 Å². The second kappa shape index (κ2) is 14.8. The molecule has 0 aromatic carbocycles. The van der Waals surface area contributed by atoms with Crippen LogP contribution < -0.4 is 0 Å². The summed E-state index contributed by atoms with van der Waals surface area (Å²) in [5.41, 5.74) is 2.28. The fraction of sp³-hybridized carbons (Fsp3) is 0.868. The lowest BCUT2D eigenvalue weighted by molar-refractivity contribution is -0.263. The summed E-state index contributed by atoms with van der Waals surface area (Å²) in [7, 11) is 1.69. The summed E-state index contributed by atoms with van der Waals surface area (Å²) < 4.78 is 50.2. The molecule has 0 radical (unpaired) electrons. The normalized spacial score (nSPS) is 48.8. The van der Waals surface area contributed by atoms with E-state index in [1.165, 1.54) is 5.57 Å².